The third-order valence-corrected chi connectivity index (χ3v) is 10.7. The summed E-state index contributed by atoms with van der Waals surface area (Å²) in [5.41, 5.74) is 2.58. The number of methoxy groups -OCH3 is 1. The fourth-order valence-electron chi connectivity index (χ4n) is 6.28. The molecule has 1 saturated heterocycles. The molecular weight excluding hydrogens is 628 g/mol. The Bertz CT molecular complexity index is 1960. The summed E-state index contributed by atoms with van der Waals surface area (Å²) >= 11 is 0. The number of amides is 1. The van der Waals surface area contributed by atoms with Crippen LogP contribution >= 0.6 is 0 Å². The molecule has 0 N–H and O–H groups in total. The van der Waals surface area contributed by atoms with Crippen LogP contribution in [0.1, 0.15) is 36.9 Å². The molecule has 10 nitrogen and oxygen atoms in total. The molecule has 1 aliphatic rings. The molecule has 5 aromatic rings. The maximum atomic E-state index is 13.9. The van der Waals surface area contributed by atoms with E-state index in [4.69, 9.17) is 9.47 Å². The van der Waals surface area contributed by atoms with Gasteiger partial charge in [-0.1, -0.05) is 72.8 Å². The lowest BCUT2D eigenvalue weighted by molar-refractivity contribution is 0.0567. The number of rotatable bonds is 11. The average molecular weight is 669 g/mol. The zero-order valence-electron chi connectivity index (χ0n) is 27.1. The number of ether oxygens (including phenoxy) is 2. The Labute approximate surface area is 280 Å². The molecule has 1 fully saturated rings. The first-order valence-electron chi connectivity index (χ1n) is 16.1. The third kappa shape index (κ3) is 7.02. The molecule has 1 atom stereocenters. The molecule has 1 unspecified atom stereocenters. The van der Waals surface area contributed by atoms with Gasteiger partial charge in [0, 0.05) is 38.3 Å². The number of fused-ring (bicyclic) bond motifs is 1. The zero-order chi connectivity index (χ0) is 33.7. The van der Waals surface area contributed by atoms with E-state index >= 15 is 0 Å². The van der Waals surface area contributed by atoms with E-state index in [1.165, 1.54) is 30.4 Å². The second-order valence-electron chi connectivity index (χ2n) is 12.1. The molecule has 11 heteroatoms. The van der Waals surface area contributed by atoms with Crippen molar-refractivity contribution in [1.29, 1.82) is 0 Å². The van der Waals surface area contributed by atoms with E-state index in [1.54, 1.807) is 45.9 Å². The van der Waals surface area contributed by atoms with Crippen LogP contribution < -0.4 is 10.4 Å². The Morgan fingerprint density at radius 2 is 1.35 bits per heavy atom. The van der Waals surface area contributed by atoms with Gasteiger partial charge in [0.2, 0.25) is 0 Å². The second-order valence-corrected chi connectivity index (χ2v) is 13.9. The van der Waals surface area contributed by atoms with E-state index in [9.17, 15) is 18.0 Å². The molecule has 250 valence electrons. The largest absolute Gasteiger partial charge is 0.497 e. The highest BCUT2D eigenvalue weighted by Gasteiger charge is 2.31. The molecule has 0 bridgehead atoms. The van der Waals surface area contributed by atoms with Gasteiger partial charge < -0.3 is 14.4 Å². The van der Waals surface area contributed by atoms with E-state index < -0.39 is 21.8 Å². The van der Waals surface area contributed by atoms with Gasteiger partial charge in [-0.2, -0.15) is 3.97 Å². The molecule has 6 rings (SSSR count). The van der Waals surface area contributed by atoms with Crippen LogP contribution in [-0.4, -0.2) is 65.7 Å². The predicted molar refractivity (Wildman–Crippen MR) is 185 cm³/mol. The van der Waals surface area contributed by atoms with Gasteiger partial charge >= 0.3 is 11.8 Å². The number of likely N-dealkylation sites (tertiary alicyclic amines) is 1. The highest BCUT2D eigenvalue weighted by molar-refractivity contribution is 7.90. The van der Waals surface area contributed by atoms with Crippen LogP contribution in [0.4, 0.5) is 4.79 Å². The number of hydrogen-bond acceptors (Lipinski definition) is 7. The van der Waals surface area contributed by atoms with Gasteiger partial charge in [-0.15, -0.1) is 0 Å². The molecule has 0 spiro atoms. The summed E-state index contributed by atoms with van der Waals surface area (Å²) < 4.78 is 40.9. The van der Waals surface area contributed by atoms with Crippen LogP contribution in [-0.2, 0) is 27.8 Å². The minimum Gasteiger partial charge on any atom is -0.497 e. The molecule has 2 heterocycles. The van der Waals surface area contributed by atoms with Gasteiger partial charge in [0.15, 0.2) is 0 Å². The summed E-state index contributed by atoms with van der Waals surface area (Å²) in [4.78, 5) is 31.0. The van der Waals surface area contributed by atoms with Crippen LogP contribution in [0.5, 0.6) is 5.75 Å². The second kappa shape index (κ2) is 14.5. The summed E-state index contributed by atoms with van der Waals surface area (Å²) in [6, 6.07) is 33.0. The summed E-state index contributed by atoms with van der Waals surface area (Å²) in [6.07, 6.45) is 0.571. The standard InChI is InChI=1S/C37H40N4O6S/c1-28(39(25-29-11-5-3-6-12-29)26-30-13-7-4-8-14-30)27-47-37(43)38-23-21-31(22-24-38)40-34-15-9-10-16-35(34)41(36(40)42)48(44,45)33-19-17-32(46-2)18-20-33/h3-20,28,31H,21-27H2,1-2H3. The smallest absolute Gasteiger partial charge is 0.409 e. The number of nitrogens with zero attached hydrogens (tertiary/aromatic N) is 4. The lowest BCUT2D eigenvalue weighted by Gasteiger charge is -2.33. The van der Waals surface area contributed by atoms with Gasteiger partial charge in [-0.05, 0) is 67.3 Å². The summed E-state index contributed by atoms with van der Waals surface area (Å²) in [5, 5.41) is 0. The maximum Gasteiger partial charge on any atom is 0.409 e. The molecule has 48 heavy (non-hydrogen) atoms. The molecule has 0 aliphatic carbocycles. The minimum absolute atomic E-state index is 0.00815. The van der Waals surface area contributed by atoms with Crippen molar-refractivity contribution in [2.45, 2.75) is 49.8 Å². The minimum atomic E-state index is -4.19. The maximum absolute atomic E-state index is 13.9. The Kier molecular flexibility index (Phi) is 9.98. The zero-order valence-corrected chi connectivity index (χ0v) is 28.0. The Morgan fingerprint density at radius 3 is 1.92 bits per heavy atom. The van der Waals surface area contributed by atoms with Crippen LogP contribution in [0.3, 0.4) is 0 Å². The van der Waals surface area contributed by atoms with Crippen LogP contribution in [0.2, 0.25) is 0 Å². The van der Waals surface area contributed by atoms with Crippen molar-refractivity contribution >= 4 is 27.1 Å². The molecule has 1 amide bonds. The number of carbonyl (C=O) groups excluding carboxylic acids is 1. The Balaban J connectivity index is 1.13. The number of aromatic nitrogens is 2. The third-order valence-electron chi connectivity index (χ3n) is 8.95. The van der Waals surface area contributed by atoms with Crippen molar-refractivity contribution in [3.8, 4) is 5.75 Å². The first-order valence-corrected chi connectivity index (χ1v) is 17.6. The van der Waals surface area contributed by atoms with Crippen LogP contribution in [0, 0.1) is 0 Å². The molecular formula is C37H40N4O6S. The first kappa shape index (κ1) is 33.0. The van der Waals surface area contributed by atoms with Gasteiger partial charge in [-0.3, -0.25) is 9.47 Å². The van der Waals surface area contributed by atoms with Crippen molar-refractivity contribution in [3.63, 3.8) is 0 Å². The van der Waals surface area contributed by atoms with Crippen LogP contribution in [0.15, 0.2) is 119 Å². The van der Waals surface area contributed by atoms with Gasteiger partial charge in [-0.25, -0.2) is 18.0 Å². The SMILES string of the molecule is COc1ccc(S(=O)(=O)n2c(=O)n(C3CCN(C(=O)OCC(C)N(Cc4ccccc4)Cc4ccccc4)CC3)c3ccccc32)cc1. The lowest BCUT2D eigenvalue weighted by Crippen LogP contribution is -2.43. The summed E-state index contributed by atoms with van der Waals surface area (Å²) in [5.74, 6) is 0.514. The number of imidazole rings is 1. The highest BCUT2D eigenvalue weighted by Crippen LogP contribution is 2.28. The van der Waals surface area contributed by atoms with Crippen molar-refractivity contribution in [1.82, 2.24) is 18.3 Å². The first-order chi connectivity index (χ1) is 23.3. The monoisotopic (exact) mass is 668 g/mol. The quantitative estimate of drug-likeness (QED) is 0.172. The van der Waals surface area contributed by atoms with Crippen molar-refractivity contribution in [2.75, 3.05) is 26.8 Å². The summed E-state index contributed by atoms with van der Waals surface area (Å²) in [7, 11) is -2.69. The van der Waals surface area contributed by atoms with Crippen LogP contribution in [0.25, 0.3) is 11.0 Å². The van der Waals surface area contributed by atoms with Gasteiger partial charge in [0.1, 0.15) is 12.4 Å². The van der Waals surface area contributed by atoms with E-state index in [1.807, 2.05) is 36.4 Å². The van der Waals surface area contributed by atoms with E-state index in [0.29, 0.717) is 42.7 Å². The number of benzene rings is 4. The molecule has 1 aliphatic heterocycles. The predicted octanol–water partition coefficient (Wildman–Crippen LogP) is 5.91. The Hall–Kier alpha value is -4.87. The van der Waals surface area contributed by atoms with E-state index in [2.05, 4.69) is 36.1 Å². The lowest BCUT2D eigenvalue weighted by atomic mass is 10.0. The normalized spacial score (nSPS) is 14.7. The summed E-state index contributed by atoms with van der Waals surface area (Å²) in [6.45, 7) is 4.49. The van der Waals surface area contributed by atoms with Crippen molar-refractivity contribution < 1.29 is 22.7 Å². The number of carbonyl (C=O) groups is 1. The topological polar surface area (TPSA) is 103 Å². The fraction of sp³-hybridized carbons (Fsp3) is 0.297. The molecule has 0 saturated carbocycles. The van der Waals surface area contributed by atoms with Gasteiger partial charge in [0.25, 0.3) is 10.0 Å². The van der Waals surface area contributed by atoms with E-state index in [0.717, 1.165) is 17.1 Å². The van der Waals surface area contributed by atoms with Gasteiger partial charge in [0.05, 0.1) is 23.0 Å². The number of hydrogen-bond donors (Lipinski definition) is 0. The number of piperidine rings is 1. The van der Waals surface area contributed by atoms with Crippen molar-refractivity contribution in [3.05, 3.63) is 131 Å². The molecule has 0 radical (unpaired) electrons. The van der Waals surface area contributed by atoms with E-state index in [-0.39, 0.29) is 23.6 Å². The van der Waals surface area contributed by atoms with Crippen molar-refractivity contribution in [2.24, 2.45) is 0 Å². The average Bonchev–Trinajstić information content (AvgIpc) is 3.43. The number of para-hydroxylation sites is 2. The highest BCUT2D eigenvalue weighted by atomic mass is 32.2. The molecule has 1 aromatic heterocycles. The Morgan fingerprint density at radius 1 is 0.812 bits per heavy atom. The fourth-order valence-corrected chi connectivity index (χ4v) is 7.68. The molecule has 4 aromatic carbocycles.